The van der Waals surface area contributed by atoms with Crippen LogP contribution >= 0.6 is 11.6 Å². The summed E-state index contributed by atoms with van der Waals surface area (Å²) in [6.07, 6.45) is 6.35. The number of hydrogen-bond acceptors (Lipinski definition) is 3. The van der Waals surface area contributed by atoms with Gasteiger partial charge in [-0.1, -0.05) is 11.6 Å². The fourth-order valence-corrected chi connectivity index (χ4v) is 1.54. The van der Waals surface area contributed by atoms with Crippen LogP contribution in [-0.4, -0.2) is 17.4 Å². The predicted molar refractivity (Wildman–Crippen MR) is 68.5 cm³/mol. The molecule has 0 atom stereocenters. The molecular formula is C12H11ClN2O3. The third-order valence-corrected chi connectivity index (χ3v) is 2.49. The Morgan fingerprint density at radius 2 is 2.28 bits per heavy atom. The summed E-state index contributed by atoms with van der Waals surface area (Å²) in [6.45, 7) is 0.456. The van der Waals surface area contributed by atoms with Crippen LogP contribution in [0.3, 0.4) is 0 Å². The van der Waals surface area contributed by atoms with Gasteiger partial charge in [0.15, 0.2) is 0 Å². The molecule has 0 radical (unpaired) electrons. The molecule has 0 aromatic heterocycles. The maximum atomic E-state index is 11.6. The highest BCUT2D eigenvalue weighted by Gasteiger charge is 2.14. The van der Waals surface area contributed by atoms with Crippen molar-refractivity contribution < 1.29 is 9.72 Å². The van der Waals surface area contributed by atoms with Crippen LogP contribution in [0.2, 0.25) is 5.02 Å². The first kappa shape index (κ1) is 14.0. The molecule has 0 aliphatic carbocycles. The van der Waals surface area contributed by atoms with E-state index in [1.54, 1.807) is 0 Å². The number of amides is 1. The SMILES string of the molecule is C#CCCCNC(=O)c1ccc([N+](=O)[O-])c(Cl)c1. The monoisotopic (exact) mass is 266 g/mol. The standard InChI is InChI=1S/C12H11ClN2O3/c1-2-3-4-7-14-12(16)9-5-6-11(15(17)18)10(13)8-9/h1,5-6,8H,3-4,7H2,(H,14,16). The zero-order valence-corrected chi connectivity index (χ0v) is 10.2. The summed E-state index contributed by atoms with van der Waals surface area (Å²) in [5.41, 5.74) is 0.0619. The third kappa shape index (κ3) is 3.75. The first-order chi connectivity index (χ1) is 8.56. The summed E-state index contributed by atoms with van der Waals surface area (Å²) < 4.78 is 0. The highest BCUT2D eigenvalue weighted by molar-refractivity contribution is 6.33. The van der Waals surface area contributed by atoms with Crippen LogP contribution < -0.4 is 5.32 Å². The largest absolute Gasteiger partial charge is 0.352 e. The van der Waals surface area contributed by atoms with Crippen molar-refractivity contribution in [3.8, 4) is 12.3 Å². The lowest BCUT2D eigenvalue weighted by Crippen LogP contribution is -2.24. The average molecular weight is 267 g/mol. The Labute approximate surface area is 109 Å². The van der Waals surface area contributed by atoms with Gasteiger partial charge in [-0.05, 0) is 18.6 Å². The number of nitro benzene ring substituents is 1. The van der Waals surface area contributed by atoms with Crippen LogP contribution in [0.25, 0.3) is 0 Å². The van der Waals surface area contributed by atoms with E-state index in [9.17, 15) is 14.9 Å². The molecule has 1 rings (SSSR count). The van der Waals surface area contributed by atoms with Crippen molar-refractivity contribution in [2.24, 2.45) is 0 Å². The molecule has 0 saturated carbocycles. The Kier molecular flexibility index (Phi) is 5.15. The molecule has 0 aliphatic rings. The Morgan fingerprint density at radius 1 is 1.56 bits per heavy atom. The molecule has 1 aromatic carbocycles. The van der Waals surface area contributed by atoms with Crippen LogP contribution in [0.5, 0.6) is 0 Å². The number of carbonyl (C=O) groups is 1. The van der Waals surface area contributed by atoms with Crippen LogP contribution in [0.15, 0.2) is 18.2 Å². The predicted octanol–water partition coefficient (Wildman–Crippen LogP) is 2.39. The van der Waals surface area contributed by atoms with E-state index in [4.69, 9.17) is 18.0 Å². The van der Waals surface area contributed by atoms with E-state index in [0.29, 0.717) is 19.4 Å². The van der Waals surface area contributed by atoms with Gasteiger partial charge in [0.05, 0.1) is 4.92 Å². The summed E-state index contributed by atoms with van der Waals surface area (Å²) in [4.78, 5) is 21.6. The number of benzene rings is 1. The first-order valence-corrected chi connectivity index (χ1v) is 5.59. The maximum Gasteiger partial charge on any atom is 0.287 e. The molecule has 0 bridgehead atoms. The molecule has 5 nitrogen and oxygen atoms in total. The minimum Gasteiger partial charge on any atom is -0.352 e. The van der Waals surface area contributed by atoms with Crippen LogP contribution in [0, 0.1) is 22.5 Å². The number of nitrogens with one attached hydrogen (secondary N) is 1. The van der Waals surface area contributed by atoms with Crippen molar-refractivity contribution in [3.63, 3.8) is 0 Å². The Balaban J connectivity index is 2.67. The van der Waals surface area contributed by atoms with E-state index in [2.05, 4.69) is 11.2 Å². The molecule has 1 N–H and O–H groups in total. The van der Waals surface area contributed by atoms with Gasteiger partial charge in [0, 0.05) is 24.6 Å². The summed E-state index contributed by atoms with van der Waals surface area (Å²) in [6, 6.07) is 3.84. The molecule has 18 heavy (non-hydrogen) atoms. The number of nitrogens with zero attached hydrogens (tertiary/aromatic N) is 1. The number of halogens is 1. The van der Waals surface area contributed by atoms with Gasteiger partial charge < -0.3 is 5.32 Å². The fraction of sp³-hybridized carbons (Fsp3) is 0.250. The highest BCUT2D eigenvalue weighted by atomic mass is 35.5. The second kappa shape index (κ2) is 6.62. The fourth-order valence-electron chi connectivity index (χ4n) is 1.29. The molecule has 6 heteroatoms. The molecule has 0 fully saturated rings. The van der Waals surface area contributed by atoms with Crippen molar-refractivity contribution in [3.05, 3.63) is 38.9 Å². The normalized spacial score (nSPS) is 9.56. The number of rotatable bonds is 5. The summed E-state index contributed by atoms with van der Waals surface area (Å²) in [7, 11) is 0. The van der Waals surface area contributed by atoms with Crippen molar-refractivity contribution in [2.75, 3.05) is 6.54 Å². The summed E-state index contributed by atoms with van der Waals surface area (Å²) in [5.74, 6) is 2.13. The number of unbranched alkanes of at least 4 members (excludes halogenated alkanes) is 1. The van der Waals surface area contributed by atoms with Crippen LogP contribution in [0.4, 0.5) is 5.69 Å². The number of hydrogen-bond donors (Lipinski definition) is 1. The molecule has 0 aliphatic heterocycles. The van der Waals surface area contributed by atoms with E-state index < -0.39 is 4.92 Å². The van der Waals surface area contributed by atoms with Crippen molar-refractivity contribution in [1.82, 2.24) is 5.32 Å². The smallest absolute Gasteiger partial charge is 0.287 e. The van der Waals surface area contributed by atoms with Gasteiger partial charge >= 0.3 is 0 Å². The minimum absolute atomic E-state index is 0.0590. The average Bonchev–Trinajstić information content (AvgIpc) is 2.33. The minimum atomic E-state index is -0.600. The second-order valence-corrected chi connectivity index (χ2v) is 3.89. The topological polar surface area (TPSA) is 72.2 Å². The molecule has 1 amide bonds. The molecule has 0 heterocycles. The molecule has 0 spiro atoms. The van der Waals surface area contributed by atoms with Crippen molar-refractivity contribution in [1.29, 1.82) is 0 Å². The van der Waals surface area contributed by atoms with Crippen LogP contribution in [0.1, 0.15) is 23.2 Å². The zero-order chi connectivity index (χ0) is 13.5. The van der Waals surface area contributed by atoms with Crippen molar-refractivity contribution >= 4 is 23.2 Å². The first-order valence-electron chi connectivity index (χ1n) is 5.22. The van der Waals surface area contributed by atoms with E-state index in [1.165, 1.54) is 18.2 Å². The number of carbonyl (C=O) groups excluding carboxylic acids is 1. The highest BCUT2D eigenvalue weighted by Crippen LogP contribution is 2.24. The van der Waals surface area contributed by atoms with Gasteiger partial charge in [-0.25, -0.2) is 0 Å². The van der Waals surface area contributed by atoms with Gasteiger partial charge in [0.2, 0.25) is 0 Å². The van der Waals surface area contributed by atoms with E-state index >= 15 is 0 Å². The van der Waals surface area contributed by atoms with E-state index in [1.807, 2.05) is 0 Å². The molecule has 1 aromatic rings. The molecule has 0 unspecified atom stereocenters. The Morgan fingerprint density at radius 3 is 2.83 bits per heavy atom. The zero-order valence-electron chi connectivity index (χ0n) is 9.48. The molecule has 94 valence electrons. The van der Waals surface area contributed by atoms with Gasteiger partial charge in [-0.3, -0.25) is 14.9 Å². The molecular weight excluding hydrogens is 256 g/mol. The van der Waals surface area contributed by atoms with E-state index in [-0.39, 0.29) is 22.2 Å². The molecule has 0 saturated heterocycles. The maximum absolute atomic E-state index is 11.6. The van der Waals surface area contributed by atoms with E-state index in [0.717, 1.165) is 0 Å². The lowest BCUT2D eigenvalue weighted by molar-refractivity contribution is -0.384. The van der Waals surface area contributed by atoms with Gasteiger partial charge in [0.25, 0.3) is 11.6 Å². The summed E-state index contributed by atoms with van der Waals surface area (Å²) >= 11 is 5.70. The Hall–Kier alpha value is -2.06. The van der Waals surface area contributed by atoms with Crippen molar-refractivity contribution in [2.45, 2.75) is 12.8 Å². The lowest BCUT2D eigenvalue weighted by atomic mass is 10.2. The second-order valence-electron chi connectivity index (χ2n) is 3.49. The van der Waals surface area contributed by atoms with Gasteiger partial charge in [-0.15, -0.1) is 12.3 Å². The number of terminal acetylenes is 1. The quantitative estimate of drug-likeness (QED) is 0.385. The van der Waals surface area contributed by atoms with Crippen LogP contribution in [-0.2, 0) is 0 Å². The third-order valence-electron chi connectivity index (χ3n) is 2.19. The lowest BCUT2D eigenvalue weighted by Gasteiger charge is -2.04. The summed E-state index contributed by atoms with van der Waals surface area (Å²) in [5, 5.41) is 13.1. The Bertz CT molecular complexity index is 509. The number of nitro groups is 1. The van der Waals surface area contributed by atoms with Gasteiger partial charge in [-0.2, -0.15) is 0 Å². The van der Waals surface area contributed by atoms with Gasteiger partial charge in [0.1, 0.15) is 5.02 Å².